The average Bonchev–Trinajstić information content (AvgIpc) is 2.43. The lowest BCUT2D eigenvalue weighted by Crippen LogP contribution is -2.27. The largest absolute Gasteiger partial charge is 0.392 e. The molecule has 0 spiro atoms. The Morgan fingerprint density at radius 3 is 2.58 bits per heavy atom. The van der Waals surface area contributed by atoms with Gasteiger partial charge in [-0.05, 0) is 64.7 Å². The average molecular weight is 329 g/mol. The van der Waals surface area contributed by atoms with Crippen LogP contribution in [-0.4, -0.2) is 11.2 Å². The second-order valence-electron chi connectivity index (χ2n) is 5.71. The Kier molecular flexibility index (Phi) is 5.40. The van der Waals surface area contributed by atoms with E-state index in [2.05, 4.69) is 22.9 Å². The van der Waals surface area contributed by atoms with E-state index >= 15 is 0 Å². The number of halogens is 2. The summed E-state index contributed by atoms with van der Waals surface area (Å²) in [7, 11) is 0. The van der Waals surface area contributed by atoms with Crippen molar-refractivity contribution in [3.63, 3.8) is 0 Å². The van der Waals surface area contributed by atoms with E-state index in [0.29, 0.717) is 16.8 Å². The maximum absolute atomic E-state index is 13.2. The fraction of sp³-hybridized carbons (Fsp3) is 0.625. The summed E-state index contributed by atoms with van der Waals surface area (Å²) in [5, 5.41) is 10.3. The molecule has 1 aromatic carbocycles. The van der Waals surface area contributed by atoms with Gasteiger partial charge in [0.25, 0.3) is 0 Å². The first-order valence-corrected chi connectivity index (χ1v) is 8.01. The Hall–Kier alpha value is -0.410. The lowest BCUT2D eigenvalue weighted by Gasteiger charge is -2.31. The number of hydrogen-bond acceptors (Lipinski definition) is 1. The third-order valence-corrected chi connectivity index (χ3v) is 5.05. The van der Waals surface area contributed by atoms with E-state index in [4.69, 9.17) is 0 Å². The summed E-state index contributed by atoms with van der Waals surface area (Å²) in [6.45, 7) is 2.25. The molecule has 1 fully saturated rings. The molecule has 3 heteroatoms. The third kappa shape index (κ3) is 4.03. The van der Waals surface area contributed by atoms with Crippen LogP contribution in [0.1, 0.15) is 44.6 Å². The van der Waals surface area contributed by atoms with Gasteiger partial charge < -0.3 is 5.11 Å². The second-order valence-corrected chi connectivity index (χ2v) is 6.56. The third-order valence-electron chi connectivity index (χ3n) is 4.44. The van der Waals surface area contributed by atoms with Crippen LogP contribution in [0.2, 0.25) is 0 Å². The van der Waals surface area contributed by atoms with Gasteiger partial charge in [0.1, 0.15) is 5.82 Å². The molecule has 106 valence electrons. The topological polar surface area (TPSA) is 20.2 Å². The van der Waals surface area contributed by atoms with Crippen LogP contribution in [0.15, 0.2) is 22.7 Å². The van der Waals surface area contributed by atoms with E-state index in [9.17, 15) is 9.50 Å². The number of aliphatic hydroxyl groups is 1. The normalized spacial score (nSPS) is 25.3. The SMILES string of the molecule is CCC1CCC(C(O)Cc2ccc(F)c(Br)c2)CC1. The fourth-order valence-electron chi connectivity index (χ4n) is 3.06. The summed E-state index contributed by atoms with van der Waals surface area (Å²) >= 11 is 3.19. The van der Waals surface area contributed by atoms with Gasteiger partial charge in [0.2, 0.25) is 0 Å². The van der Waals surface area contributed by atoms with Gasteiger partial charge in [0.15, 0.2) is 0 Å². The molecule has 0 radical (unpaired) electrons. The van der Waals surface area contributed by atoms with Crippen molar-refractivity contribution >= 4 is 15.9 Å². The Balaban J connectivity index is 1.90. The van der Waals surface area contributed by atoms with Crippen molar-refractivity contribution in [2.45, 2.75) is 51.6 Å². The summed E-state index contributed by atoms with van der Waals surface area (Å²) in [5.41, 5.74) is 0.999. The van der Waals surface area contributed by atoms with Gasteiger partial charge in [-0.25, -0.2) is 4.39 Å². The Bertz CT molecular complexity index is 413. The number of rotatable bonds is 4. The molecule has 1 saturated carbocycles. The van der Waals surface area contributed by atoms with Crippen LogP contribution < -0.4 is 0 Å². The Labute approximate surface area is 123 Å². The number of benzene rings is 1. The molecule has 0 aliphatic heterocycles. The van der Waals surface area contributed by atoms with E-state index in [1.54, 1.807) is 12.1 Å². The van der Waals surface area contributed by atoms with Crippen LogP contribution in [0, 0.1) is 17.7 Å². The van der Waals surface area contributed by atoms with Crippen LogP contribution in [0.25, 0.3) is 0 Å². The van der Waals surface area contributed by atoms with E-state index in [1.807, 2.05) is 0 Å². The predicted octanol–water partition coefficient (Wildman–Crippen LogP) is 4.71. The molecule has 1 atom stereocenters. The Morgan fingerprint density at radius 1 is 1.32 bits per heavy atom. The number of aliphatic hydroxyl groups excluding tert-OH is 1. The zero-order chi connectivity index (χ0) is 13.8. The molecule has 1 aromatic rings. The van der Waals surface area contributed by atoms with Gasteiger partial charge in [-0.15, -0.1) is 0 Å². The molecule has 2 rings (SSSR count). The highest BCUT2D eigenvalue weighted by atomic mass is 79.9. The lowest BCUT2D eigenvalue weighted by molar-refractivity contribution is 0.0735. The molecule has 0 saturated heterocycles. The first-order valence-electron chi connectivity index (χ1n) is 7.22. The van der Waals surface area contributed by atoms with Crippen molar-refractivity contribution in [2.75, 3.05) is 0 Å². The van der Waals surface area contributed by atoms with Crippen molar-refractivity contribution in [3.8, 4) is 0 Å². The van der Waals surface area contributed by atoms with Gasteiger partial charge in [-0.3, -0.25) is 0 Å². The van der Waals surface area contributed by atoms with Crippen LogP contribution >= 0.6 is 15.9 Å². The molecule has 1 aliphatic rings. The van der Waals surface area contributed by atoms with Crippen LogP contribution in [-0.2, 0) is 6.42 Å². The minimum Gasteiger partial charge on any atom is -0.392 e. The zero-order valence-electron chi connectivity index (χ0n) is 11.4. The van der Waals surface area contributed by atoms with Crippen molar-refractivity contribution in [1.29, 1.82) is 0 Å². The highest BCUT2D eigenvalue weighted by Gasteiger charge is 2.25. The van der Waals surface area contributed by atoms with Crippen molar-refractivity contribution in [2.24, 2.45) is 11.8 Å². The van der Waals surface area contributed by atoms with Crippen LogP contribution in [0.3, 0.4) is 0 Å². The summed E-state index contributed by atoms with van der Waals surface area (Å²) in [4.78, 5) is 0. The van der Waals surface area contributed by atoms with E-state index in [0.717, 1.165) is 24.3 Å². The smallest absolute Gasteiger partial charge is 0.137 e. The predicted molar refractivity (Wildman–Crippen MR) is 79.5 cm³/mol. The van der Waals surface area contributed by atoms with Gasteiger partial charge in [-0.2, -0.15) is 0 Å². The number of hydrogen-bond donors (Lipinski definition) is 1. The van der Waals surface area contributed by atoms with E-state index < -0.39 is 0 Å². The molecule has 19 heavy (non-hydrogen) atoms. The molecule has 1 nitrogen and oxygen atoms in total. The Morgan fingerprint density at radius 2 is 2.00 bits per heavy atom. The standard InChI is InChI=1S/C16H22BrFO/c1-2-11-3-6-13(7-4-11)16(19)10-12-5-8-15(18)14(17)9-12/h5,8-9,11,13,16,19H,2-4,6-7,10H2,1H3. The lowest BCUT2D eigenvalue weighted by atomic mass is 9.77. The van der Waals surface area contributed by atoms with Gasteiger partial charge in [0.05, 0.1) is 10.6 Å². The minimum atomic E-state index is -0.296. The second kappa shape index (κ2) is 6.85. The van der Waals surface area contributed by atoms with Crippen LogP contribution in [0.4, 0.5) is 4.39 Å². The molecular formula is C16H22BrFO. The molecule has 0 aromatic heterocycles. The highest BCUT2D eigenvalue weighted by molar-refractivity contribution is 9.10. The van der Waals surface area contributed by atoms with Crippen molar-refractivity contribution in [1.82, 2.24) is 0 Å². The molecule has 0 bridgehead atoms. The highest BCUT2D eigenvalue weighted by Crippen LogP contribution is 2.33. The summed E-state index contributed by atoms with van der Waals surface area (Å²) in [5.74, 6) is 1.01. The van der Waals surface area contributed by atoms with Crippen molar-refractivity contribution < 1.29 is 9.50 Å². The monoisotopic (exact) mass is 328 g/mol. The van der Waals surface area contributed by atoms with E-state index in [-0.39, 0.29) is 11.9 Å². The fourth-order valence-corrected chi connectivity index (χ4v) is 3.48. The first kappa shape index (κ1) is 15.0. The molecule has 1 unspecified atom stereocenters. The first-order chi connectivity index (χ1) is 9.10. The molecular weight excluding hydrogens is 307 g/mol. The molecule has 1 N–H and O–H groups in total. The molecule has 0 amide bonds. The maximum Gasteiger partial charge on any atom is 0.137 e. The quantitative estimate of drug-likeness (QED) is 0.848. The molecule has 1 aliphatic carbocycles. The summed E-state index contributed by atoms with van der Waals surface area (Å²) in [6, 6.07) is 5.00. The summed E-state index contributed by atoms with van der Waals surface area (Å²) < 4.78 is 13.6. The van der Waals surface area contributed by atoms with Gasteiger partial charge in [0, 0.05) is 0 Å². The van der Waals surface area contributed by atoms with Gasteiger partial charge in [-0.1, -0.05) is 32.3 Å². The van der Waals surface area contributed by atoms with Crippen molar-refractivity contribution in [3.05, 3.63) is 34.1 Å². The van der Waals surface area contributed by atoms with E-state index in [1.165, 1.54) is 25.3 Å². The molecule has 0 heterocycles. The minimum absolute atomic E-state index is 0.248. The zero-order valence-corrected chi connectivity index (χ0v) is 13.0. The van der Waals surface area contributed by atoms with Crippen LogP contribution in [0.5, 0.6) is 0 Å². The van der Waals surface area contributed by atoms with Gasteiger partial charge >= 0.3 is 0 Å². The summed E-state index contributed by atoms with van der Waals surface area (Å²) in [6.07, 6.45) is 6.32. The maximum atomic E-state index is 13.2.